The zero-order valence-corrected chi connectivity index (χ0v) is 30.6. The molecule has 55 heavy (non-hydrogen) atoms. The highest BCUT2D eigenvalue weighted by Gasteiger charge is 2.24. The highest BCUT2D eigenvalue weighted by Crippen LogP contribution is 2.40. The molecule has 4 aromatic carbocycles. The number of H-pyrrole nitrogens is 2. The van der Waals surface area contributed by atoms with Gasteiger partial charge >= 0.3 is 0 Å². The average molecular weight is 712 g/mol. The van der Waals surface area contributed by atoms with Crippen LogP contribution in [0.1, 0.15) is 54.9 Å². The zero-order chi connectivity index (χ0) is 36.6. The third kappa shape index (κ3) is 6.28. The maximum absolute atomic E-state index is 5.65. The standard InChI is InChI=1S/C50H41N5/c1-6-16-33(17-7-1)46-38-26-27-39(52-38)47(34-18-8-2-9-19-34)41-30-31-43(54-41)49(36-22-12-4-13-23-36)50-45(51-37-24-14-5-15-25-37)32-44(55-50)48(35-20-10-3-11-21-35)42-29-28-40(46)53-42/h1-4,6-13,16-23,26-32,37,51,53-54H,5,14-15,24-25H2. The van der Waals surface area contributed by atoms with Gasteiger partial charge in [-0.25, -0.2) is 9.97 Å². The van der Waals surface area contributed by atoms with Crippen molar-refractivity contribution in [3.63, 3.8) is 0 Å². The summed E-state index contributed by atoms with van der Waals surface area (Å²) in [6, 6.07) is 51.7. The number of benzene rings is 4. The summed E-state index contributed by atoms with van der Waals surface area (Å²) in [6.45, 7) is 0. The molecule has 0 saturated heterocycles. The molecule has 3 aliphatic rings. The van der Waals surface area contributed by atoms with Crippen molar-refractivity contribution in [2.75, 3.05) is 0 Å². The predicted octanol–water partition coefficient (Wildman–Crippen LogP) is 12.6. The Morgan fingerprint density at radius 2 is 0.818 bits per heavy atom. The molecule has 5 heteroatoms. The quantitative estimate of drug-likeness (QED) is 0.161. The summed E-state index contributed by atoms with van der Waals surface area (Å²) >= 11 is 0. The Labute approximate surface area is 321 Å². The Morgan fingerprint density at radius 1 is 0.418 bits per heavy atom. The van der Waals surface area contributed by atoms with Crippen molar-refractivity contribution in [1.29, 1.82) is 0 Å². The van der Waals surface area contributed by atoms with Gasteiger partial charge in [0, 0.05) is 50.4 Å². The predicted molar refractivity (Wildman–Crippen MR) is 230 cm³/mol. The number of hydrogen-bond donors (Lipinski definition) is 3. The van der Waals surface area contributed by atoms with Gasteiger partial charge in [0.2, 0.25) is 0 Å². The minimum Gasteiger partial charge on any atom is -0.380 e. The fraction of sp³-hybridized carbons (Fsp3) is 0.120. The van der Waals surface area contributed by atoms with Crippen LogP contribution in [-0.2, 0) is 0 Å². The second-order valence-corrected chi connectivity index (χ2v) is 14.6. The normalized spacial score (nSPS) is 14.1. The third-order valence-corrected chi connectivity index (χ3v) is 11.1. The molecule has 0 amide bonds. The molecule has 10 rings (SSSR count). The maximum Gasteiger partial charge on any atom is 0.0968 e. The van der Waals surface area contributed by atoms with Gasteiger partial charge in [-0.3, -0.25) is 0 Å². The first-order chi connectivity index (χ1) is 27.3. The van der Waals surface area contributed by atoms with E-state index in [-0.39, 0.29) is 0 Å². The summed E-state index contributed by atoms with van der Waals surface area (Å²) < 4.78 is 0. The van der Waals surface area contributed by atoms with Gasteiger partial charge in [-0.05, 0) is 77.6 Å². The van der Waals surface area contributed by atoms with Gasteiger partial charge in [-0.15, -0.1) is 0 Å². The minimum atomic E-state index is 0.394. The number of rotatable bonds is 6. The molecule has 5 heterocycles. The molecule has 3 aromatic heterocycles. The lowest BCUT2D eigenvalue weighted by Gasteiger charge is -2.24. The van der Waals surface area contributed by atoms with E-state index in [0.29, 0.717) is 6.04 Å². The van der Waals surface area contributed by atoms with Gasteiger partial charge in [0.05, 0.1) is 28.5 Å². The summed E-state index contributed by atoms with van der Waals surface area (Å²) in [7, 11) is 0. The number of nitrogens with zero attached hydrogens (tertiary/aromatic N) is 2. The molecule has 0 atom stereocenters. The summed E-state index contributed by atoms with van der Waals surface area (Å²) in [6.07, 6.45) is 12.7. The van der Waals surface area contributed by atoms with Crippen molar-refractivity contribution in [3.05, 3.63) is 168 Å². The lowest BCUT2D eigenvalue weighted by molar-refractivity contribution is 0.409. The SMILES string of the molecule is C1=Cc2nc1c(-c1ccccc1)c1ccc([nH]1)c(-c1ccccc1)c1nc(c(-c3ccccc3)c3ccc([nH]3)c2-c2ccccc2)C(NC2CCCCC2)=C1. The third-order valence-electron chi connectivity index (χ3n) is 11.1. The van der Waals surface area contributed by atoms with Crippen LogP contribution in [0.25, 0.3) is 90.5 Å². The second-order valence-electron chi connectivity index (χ2n) is 14.6. The molecule has 266 valence electrons. The van der Waals surface area contributed by atoms with Gasteiger partial charge in [0.15, 0.2) is 0 Å². The minimum absolute atomic E-state index is 0.394. The van der Waals surface area contributed by atoms with Gasteiger partial charge in [-0.2, -0.15) is 0 Å². The van der Waals surface area contributed by atoms with Crippen molar-refractivity contribution in [2.45, 2.75) is 38.1 Å². The summed E-state index contributed by atoms with van der Waals surface area (Å²) in [5.74, 6) is 0. The molecule has 5 nitrogen and oxygen atoms in total. The van der Waals surface area contributed by atoms with Gasteiger partial charge in [0.25, 0.3) is 0 Å². The number of aromatic nitrogens is 4. The van der Waals surface area contributed by atoms with Crippen molar-refractivity contribution >= 4 is 46.0 Å². The first kappa shape index (κ1) is 32.9. The Hall–Kier alpha value is -6.72. The lowest BCUT2D eigenvalue weighted by atomic mass is 9.94. The summed E-state index contributed by atoms with van der Waals surface area (Å²) in [4.78, 5) is 18.9. The van der Waals surface area contributed by atoms with Crippen LogP contribution in [0.5, 0.6) is 0 Å². The Morgan fingerprint density at radius 3 is 1.27 bits per heavy atom. The van der Waals surface area contributed by atoms with E-state index in [1.54, 1.807) is 0 Å². The van der Waals surface area contributed by atoms with E-state index in [0.717, 1.165) is 108 Å². The fourth-order valence-electron chi connectivity index (χ4n) is 8.49. The number of aromatic amines is 2. The smallest absolute Gasteiger partial charge is 0.0968 e. The first-order valence-corrected chi connectivity index (χ1v) is 19.5. The van der Waals surface area contributed by atoms with Crippen molar-refractivity contribution < 1.29 is 0 Å². The molecule has 7 aromatic rings. The summed E-state index contributed by atoms with van der Waals surface area (Å²) in [5, 5.41) is 4.03. The van der Waals surface area contributed by atoms with E-state index in [2.05, 4.69) is 179 Å². The van der Waals surface area contributed by atoms with Crippen LogP contribution in [-0.4, -0.2) is 26.0 Å². The maximum atomic E-state index is 5.65. The van der Waals surface area contributed by atoms with E-state index < -0.39 is 0 Å². The molecule has 1 fully saturated rings. The average Bonchev–Trinajstić information content (AvgIpc) is 4.08. The van der Waals surface area contributed by atoms with Gasteiger partial charge < -0.3 is 15.3 Å². The molecular weight excluding hydrogens is 671 g/mol. The second kappa shape index (κ2) is 14.3. The Bertz CT molecular complexity index is 2730. The molecule has 2 aliphatic heterocycles. The van der Waals surface area contributed by atoms with E-state index in [1.165, 1.54) is 19.3 Å². The van der Waals surface area contributed by atoms with Crippen LogP contribution in [0, 0.1) is 0 Å². The molecule has 8 bridgehead atoms. The summed E-state index contributed by atoms with van der Waals surface area (Å²) in [5.41, 5.74) is 17.4. The monoisotopic (exact) mass is 711 g/mol. The van der Waals surface area contributed by atoms with Crippen LogP contribution in [0.15, 0.2) is 146 Å². The topological polar surface area (TPSA) is 69.4 Å². The van der Waals surface area contributed by atoms with E-state index in [4.69, 9.17) is 9.97 Å². The molecule has 1 aliphatic carbocycles. The van der Waals surface area contributed by atoms with E-state index >= 15 is 0 Å². The number of hydrogen-bond acceptors (Lipinski definition) is 3. The van der Waals surface area contributed by atoms with Crippen LogP contribution in [0.2, 0.25) is 0 Å². The Kier molecular flexibility index (Phi) is 8.53. The number of fused-ring (bicyclic) bond motifs is 8. The zero-order valence-electron chi connectivity index (χ0n) is 30.6. The van der Waals surface area contributed by atoms with Crippen LogP contribution in [0.3, 0.4) is 0 Å². The molecular formula is C50H41N5. The van der Waals surface area contributed by atoms with Crippen LogP contribution in [0.4, 0.5) is 0 Å². The van der Waals surface area contributed by atoms with Crippen molar-refractivity contribution in [1.82, 2.24) is 25.3 Å². The first-order valence-electron chi connectivity index (χ1n) is 19.5. The highest BCUT2D eigenvalue weighted by molar-refractivity contribution is 6.01. The largest absolute Gasteiger partial charge is 0.380 e. The van der Waals surface area contributed by atoms with Crippen molar-refractivity contribution in [2.24, 2.45) is 0 Å². The fourth-order valence-corrected chi connectivity index (χ4v) is 8.49. The number of nitrogens with one attached hydrogen (secondary N) is 3. The van der Waals surface area contributed by atoms with Crippen LogP contribution >= 0.6 is 0 Å². The highest BCUT2D eigenvalue weighted by atomic mass is 15.0. The molecule has 1 saturated carbocycles. The Balaban J connectivity index is 1.38. The molecule has 0 spiro atoms. The van der Waals surface area contributed by atoms with Gasteiger partial charge in [0.1, 0.15) is 0 Å². The van der Waals surface area contributed by atoms with E-state index in [9.17, 15) is 0 Å². The molecule has 0 radical (unpaired) electrons. The molecule has 0 unspecified atom stereocenters. The van der Waals surface area contributed by atoms with E-state index in [1.807, 2.05) is 0 Å². The van der Waals surface area contributed by atoms with Crippen molar-refractivity contribution in [3.8, 4) is 44.5 Å². The molecule has 3 N–H and O–H groups in total. The van der Waals surface area contributed by atoms with Crippen LogP contribution < -0.4 is 5.32 Å². The van der Waals surface area contributed by atoms with Gasteiger partial charge in [-0.1, -0.05) is 141 Å². The lowest BCUT2D eigenvalue weighted by Crippen LogP contribution is -2.29.